The molecule has 3 nitrogen and oxygen atoms in total. The number of benzene rings is 6. The molecule has 0 bridgehead atoms. The van der Waals surface area contributed by atoms with Crippen molar-refractivity contribution in [2.24, 2.45) is 0 Å². The topological polar surface area (TPSA) is 33.6 Å². The molecule has 0 N–H and O–H groups in total. The summed E-state index contributed by atoms with van der Waals surface area (Å²) in [5, 5.41) is 14.3. The summed E-state index contributed by atoms with van der Waals surface area (Å²) in [6.45, 7) is 4.49. The molecule has 0 radical (unpaired) electrons. The van der Waals surface area contributed by atoms with Gasteiger partial charge in [0.2, 0.25) is 0 Å². The lowest BCUT2D eigenvalue weighted by molar-refractivity contribution is 0.868. The molecule has 43 heavy (non-hydrogen) atoms. The summed E-state index contributed by atoms with van der Waals surface area (Å²) in [7, 11) is 0. The second-order valence-corrected chi connectivity index (χ2v) is 11.6. The highest BCUT2D eigenvalue weighted by Gasteiger charge is 2.17. The molecule has 0 atom stereocenters. The first-order valence-electron chi connectivity index (χ1n) is 14.8. The second kappa shape index (κ2) is 9.76. The smallest absolute Gasteiger partial charge is 0.0991 e. The highest BCUT2D eigenvalue weighted by Crippen LogP contribution is 2.39. The fraction of sp³-hybridized carbons (Fsp3) is 0.0750. The first kappa shape index (κ1) is 25.1. The molecule has 0 unspecified atom stereocenters. The van der Waals surface area contributed by atoms with E-state index in [4.69, 9.17) is 0 Å². The molecular formula is C40H29N3. The first-order chi connectivity index (χ1) is 21.1. The van der Waals surface area contributed by atoms with Gasteiger partial charge in [-0.2, -0.15) is 5.26 Å². The van der Waals surface area contributed by atoms with E-state index in [0.717, 1.165) is 11.2 Å². The van der Waals surface area contributed by atoms with Crippen molar-refractivity contribution in [2.45, 2.75) is 19.8 Å². The number of para-hydroxylation sites is 2. The van der Waals surface area contributed by atoms with Gasteiger partial charge in [-0.1, -0.05) is 68.4 Å². The highest BCUT2D eigenvalue weighted by atomic mass is 15.0. The summed E-state index contributed by atoms with van der Waals surface area (Å²) in [5.41, 5.74) is 11.3. The molecule has 8 rings (SSSR count). The maximum absolute atomic E-state index is 9.35. The largest absolute Gasteiger partial charge is 0.309 e. The van der Waals surface area contributed by atoms with Crippen molar-refractivity contribution < 1.29 is 0 Å². The van der Waals surface area contributed by atoms with Crippen LogP contribution in [0.1, 0.15) is 30.9 Å². The Morgan fingerprint density at radius 1 is 0.488 bits per heavy atom. The van der Waals surface area contributed by atoms with Gasteiger partial charge in [0.25, 0.3) is 0 Å². The number of rotatable bonds is 4. The van der Waals surface area contributed by atoms with E-state index in [9.17, 15) is 5.26 Å². The zero-order chi connectivity index (χ0) is 29.1. The molecule has 2 heterocycles. The lowest BCUT2D eigenvalue weighted by Gasteiger charge is -2.10. The van der Waals surface area contributed by atoms with Gasteiger partial charge in [0.05, 0.1) is 33.7 Å². The average molecular weight is 552 g/mol. The van der Waals surface area contributed by atoms with E-state index in [0.29, 0.717) is 11.5 Å². The first-order valence-corrected chi connectivity index (χ1v) is 14.8. The van der Waals surface area contributed by atoms with Crippen LogP contribution in [0.4, 0.5) is 0 Å². The van der Waals surface area contributed by atoms with Crippen molar-refractivity contribution in [3.8, 4) is 28.6 Å². The van der Waals surface area contributed by atoms with Gasteiger partial charge in [0.1, 0.15) is 0 Å². The predicted molar refractivity (Wildman–Crippen MR) is 179 cm³/mol. The molecule has 0 amide bonds. The van der Waals surface area contributed by atoms with Crippen LogP contribution in [0, 0.1) is 11.3 Å². The van der Waals surface area contributed by atoms with Crippen molar-refractivity contribution in [3.63, 3.8) is 0 Å². The van der Waals surface area contributed by atoms with Crippen LogP contribution in [-0.4, -0.2) is 9.13 Å². The van der Waals surface area contributed by atoms with Crippen LogP contribution in [0.25, 0.3) is 66.1 Å². The normalized spacial score (nSPS) is 11.7. The molecule has 6 aromatic carbocycles. The van der Waals surface area contributed by atoms with E-state index in [1.165, 1.54) is 60.5 Å². The van der Waals surface area contributed by atoms with Gasteiger partial charge in [-0.15, -0.1) is 0 Å². The zero-order valence-corrected chi connectivity index (χ0v) is 24.1. The van der Waals surface area contributed by atoms with E-state index in [1.54, 1.807) is 0 Å². The number of hydrogen-bond donors (Lipinski definition) is 0. The minimum Gasteiger partial charge on any atom is -0.309 e. The summed E-state index contributed by atoms with van der Waals surface area (Å²) >= 11 is 0. The Morgan fingerprint density at radius 2 is 1.00 bits per heavy atom. The summed E-state index contributed by atoms with van der Waals surface area (Å²) in [4.78, 5) is 0. The fourth-order valence-electron chi connectivity index (χ4n) is 6.55. The van der Waals surface area contributed by atoms with Crippen LogP contribution < -0.4 is 0 Å². The Kier molecular flexibility index (Phi) is 5.70. The van der Waals surface area contributed by atoms with E-state index < -0.39 is 0 Å². The highest BCUT2D eigenvalue weighted by molar-refractivity contribution is 6.12. The Morgan fingerprint density at radius 3 is 1.63 bits per heavy atom. The van der Waals surface area contributed by atoms with Gasteiger partial charge in [0.15, 0.2) is 0 Å². The molecule has 0 aliphatic heterocycles. The molecule has 0 spiro atoms. The molecule has 0 saturated carbocycles. The number of nitriles is 1. The molecule has 3 heteroatoms. The maximum Gasteiger partial charge on any atom is 0.0991 e. The van der Waals surface area contributed by atoms with Gasteiger partial charge < -0.3 is 9.13 Å². The summed E-state index contributed by atoms with van der Waals surface area (Å²) < 4.78 is 4.67. The summed E-state index contributed by atoms with van der Waals surface area (Å²) in [6, 6.07) is 49.9. The van der Waals surface area contributed by atoms with Crippen LogP contribution in [0.3, 0.4) is 0 Å². The number of fused-ring (bicyclic) bond motifs is 6. The van der Waals surface area contributed by atoms with Gasteiger partial charge in [-0.3, -0.25) is 0 Å². The van der Waals surface area contributed by atoms with E-state index in [2.05, 4.69) is 138 Å². The summed E-state index contributed by atoms with van der Waals surface area (Å²) in [5.74, 6) is 0.435. The third kappa shape index (κ3) is 3.95. The zero-order valence-electron chi connectivity index (χ0n) is 24.1. The van der Waals surface area contributed by atoms with Crippen LogP contribution in [-0.2, 0) is 0 Å². The standard InChI is InChI=1S/C40H29N3/c1-26(2)28-14-19-39-35(22-28)36-24-30(16-21-40(36)43(39)32-17-12-27(25-41)13-18-32)29-15-20-38-34(23-29)33-10-6-7-11-37(33)42(38)31-8-4-3-5-9-31/h3-24,26H,1-2H3. The van der Waals surface area contributed by atoms with Gasteiger partial charge in [-0.25, -0.2) is 0 Å². The van der Waals surface area contributed by atoms with E-state index in [-0.39, 0.29) is 0 Å². The Labute approximate surface area is 250 Å². The van der Waals surface area contributed by atoms with Crippen molar-refractivity contribution in [1.29, 1.82) is 5.26 Å². The molecule has 0 fully saturated rings. The molecular weight excluding hydrogens is 522 g/mol. The van der Waals surface area contributed by atoms with Gasteiger partial charge in [-0.05, 0) is 101 Å². The quantitative estimate of drug-likeness (QED) is 0.214. The lowest BCUT2D eigenvalue weighted by Crippen LogP contribution is -1.94. The molecule has 8 aromatic rings. The van der Waals surface area contributed by atoms with E-state index in [1.807, 2.05) is 24.3 Å². The number of nitrogens with zero attached hydrogens (tertiary/aromatic N) is 3. The van der Waals surface area contributed by atoms with E-state index >= 15 is 0 Å². The third-order valence-corrected chi connectivity index (χ3v) is 8.73. The number of hydrogen-bond acceptors (Lipinski definition) is 1. The lowest BCUT2D eigenvalue weighted by atomic mass is 9.98. The third-order valence-electron chi connectivity index (χ3n) is 8.73. The van der Waals surface area contributed by atoms with Crippen molar-refractivity contribution in [3.05, 3.63) is 145 Å². The second-order valence-electron chi connectivity index (χ2n) is 11.6. The predicted octanol–water partition coefficient (Wildman–Crippen LogP) is 10.5. The van der Waals surface area contributed by atoms with Gasteiger partial charge in [0, 0.05) is 32.9 Å². The monoisotopic (exact) mass is 551 g/mol. The van der Waals surface area contributed by atoms with Crippen LogP contribution in [0.5, 0.6) is 0 Å². The Hall–Kier alpha value is -5.59. The summed E-state index contributed by atoms with van der Waals surface area (Å²) in [6.07, 6.45) is 0. The van der Waals surface area contributed by atoms with Crippen molar-refractivity contribution in [1.82, 2.24) is 9.13 Å². The molecule has 0 aliphatic carbocycles. The SMILES string of the molecule is CC(C)c1ccc2c(c1)c1cc(-c3ccc4c(c3)c3ccccc3n4-c3ccccc3)ccc1n2-c1ccc(C#N)cc1. The molecule has 2 aromatic heterocycles. The Balaban J connectivity index is 1.36. The van der Waals surface area contributed by atoms with Crippen LogP contribution in [0.15, 0.2) is 133 Å². The minimum atomic E-state index is 0.435. The van der Waals surface area contributed by atoms with Crippen molar-refractivity contribution >= 4 is 43.6 Å². The molecule has 204 valence electrons. The molecule has 0 saturated heterocycles. The Bertz CT molecular complexity index is 2360. The van der Waals surface area contributed by atoms with Crippen LogP contribution in [0.2, 0.25) is 0 Å². The molecule has 0 aliphatic rings. The number of aromatic nitrogens is 2. The van der Waals surface area contributed by atoms with Crippen molar-refractivity contribution in [2.75, 3.05) is 0 Å². The maximum atomic E-state index is 9.35. The average Bonchev–Trinajstić information content (AvgIpc) is 3.57. The fourth-order valence-corrected chi connectivity index (χ4v) is 6.55. The van der Waals surface area contributed by atoms with Crippen LogP contribution >= 0.6 is 0 Å². The van der Waals surface area contributed by atoms with Gasteiger partial charge >= 0.3 is 0 Å². The minimum absolute atomic E-state index is 0.435.